The minimum atomic E-state index is 1.17. The third-order valence-electron chi connectivity index (χ3n) is 3.22. The number of fused-ring (bicyclic) bond motifs is 1. The zero-order valence-electron chi connectivity index (χ0n) is 6.10. The van der Waals surface area contributed by atoms with Gasteiger partial charge in [-0.15, -0.1) is 0 Å². The van der Waals surface area contributed by atoms with Crippen molar-refractivity contribution < 1.29 is 0 Å². The van der Waals surface area contributed by atoms with Crippen molar-refractivity contribution >= 4 is 0 Å². The quantitative estimate of drug-likeness (QED) is 0.465. The van der Waals surface area contributed by atoms with E-state index >= 15 is 0 Å². The van der Waals surface area contributed by atoms with E-state index in [2.05, 4.69) is 0 Å². The zero-order valence-corrected chi connectivity index (χ0v) is 6.10. The molecule has 0 radical (unpaired) electrons. The van der Waals surface area contributed by atoms with Crippen molar-refractivity contribution in [3.05, 3.63) is 0 Å². The van der Waals surface area contributed by atoms with E-state index in [0.29, 0.717) is 0 Å². The molecule has 0 unspecified atom stereocenters. The number of rotatable bonds is 0. The summed E-state index contributed by atoms with van der Waals surface area (Å²) >= 11 is 0. The Labute approximate surface area is 57.6 Å². The van der Waals surface area contributed by atoms with Crippen LogP contribution < -0.4 is 0 Å². The van der Waals surface area contributed by atoms with Crippen LogP contribution in [0.3, 0.4) is 0 Å². The molecule has 0 aromatic carbocycles. The summed E-state index contributed by atoms with van der Waals surface area (Å²) in [5, 5.41) is 0. The van der Waals surface area contributed by atoms with E-state index in [1.807, 2.05) is 0 Å². The monoisotopic (exact) mass is 124 g/mol. The second-order valence-corrected chi connectivity index (χ2v) is 3.74. The van der Waals surface area contributed by atoms with E-state index < -0.39 is 0 Å². The molecule has 2 fully saturated rings. The summed E-state index contributed by atoms with van der Waals surface area (Å²) in [6.45, 7) is 0. The van der Waals surface area contributed by atoms with Crippen LogP contribution >= 0.6 is 0 Å². The van der Waals surface area contributed by atoms with Crippen LogP contribution in [0.5, 0.6) is 0 Å². The lowest BCUT2D eigenvalue weighted by Crippen LogP contribution is -2.12. The maximum atomic E-state index is 1.56. The Bertz CT molecular complexity index is 84.2. The van der Waals surface area contributed by atoms with E-state index in [1.165, 1.54) is 31.1 Å². The molecule has 0 N–H and O–H groups in total. The van der Waals surface area contributed by atoms with Crippen LogP contribution in [0.15, 0.2) is 0 Å². The summed E-state index contributed by atoms with van der Waals surface area (Å²) in [5.41, 5.74) is 0. The topological polar surface area (TPSA) is 0 Å². The molecule has 0 heterocycles. The highest BCUT2D eigenvalue weighted by Crippen LogP contribution is 2.41. The minimum absolute atomic E-state index is 1.17. The average molecular weight is 124 g/mol. The molecule has 0 spiro atoms. The summed E-state index contributed by atoms with van der Waals surface area (Å²) in [7, 11) is 0. The van der Waals surface area contributed by atoms with Crippen molar-refractivity contribution in [2.45, 2.75) is 44.9 Å². The van der Waals surface area contributed by atoms with Gasteiger partial charge >= 0.3 is 0 Å². The van der Waals surface area contributed by atoms with Crippen LogP contribution in [0.25, 0.3) is 0 Å². The molecular formula is C9H16. The molecule has 2 aliphatic carbocycles. The molecule has 2 atom stereocenters. The molecule has 0 aromatic heterocycles. The Morgan fingerprint density at radius 2 is 1.00 bits per heavy atom. The first-order valence-electron chi connectivity index (χ1n) is 4.47. The number of hydrogen-bond acceptors (Lipinski definition) is 0. The van der Waals surface area contributed by atoms with Gasteiger partial charge in [-0.3, -0.25) is 0 Å². The minimum Gasteiger partial charge on any atom is -0.0530 e. The fourth-order valence-electron chi connectivity index (χ4n) is 2.69. The van der Waals surface area contributed by atoms with E-state index in [4.69, 9.17) is 0 Å². The van der Waals surface area contributed by atoms with Crippen molar-refractivity contribution in [3.63, 3.8) is 0 Å². The lowest BCUT2D eigenvalue weighted by atomic mass is 9.82. The summed E-state index contributed by atoms with van der Waals surface area (Å²) in [6, 6.07) is 0. The smallest absolute Gasteiger partial charge is 0.0386 e. The maximum absolute atomic E-state index is 1.56. The average Bonchev–Trinajstić information content (AvgIpc) is 2.33. The Hall–Kier alpha value is 0. The molecule has 0 aromatic rings. The van der Waals surface area contributed by atoms with E-state index in [1.54, 1.807) is 25.7 Å². The van der Waals surface area contributed by atoms with Gasteiger partial charge in [-0.1, -0.05) is 44.9 Å². The summed E-state index contributed by atoms with van der Waals surface area (Å²) in [4.78, 5) is 0. The fourth-order valence-corrected chi connectivity index (χ4v) is 2.69. The molecule has 0 heteroatoms. The predicted octanol–water partition coefficient (Wildman–Crippen LogP) is 2.98. The lowest BCUT2D eigenvalue weighted by Gasteiger charge is -2.24. The molecule has 9 heavy (non-hydrogen) atoms. The SMILES string of the molecule is C1CC[C@@H]2CCC[C@H]2C1. The van der Waals surface area contributed by atoms with Gasteiger partial charge in [0.1, 0.15) is 0 Å². The molecule has 0 amide bonds. The van der Waals surface area contributed by atoms with Gasteiger partial charge in [0.25, 0.3) is 0 Å². The van der Waals surface area contributed by atoms with E-state index in [0.717, 1.165) is 0 Å². The number of hydrogen-bond donors (Lipinski definition) is 0. The van der Waals surface area contributed by atoms with Gasteiger partial charge in [0.2, 0.25) is 0 Å². The van der Waals surface area contributed by atoms with Crippen LogP contribution in [0.2, 0.25) is 0 Å². The molecule has 2 saturated carbocycles. The van der Waals surface area contributed by atoms with E-state index in [-0.39, 0.29) is 0 Å². The first kappa shape index (κ1) is 5.76. The molecule has 2 rings (SSSR count). The third-order valence-corrected chi connectivity index (χ3v) is 3.22. The second kappa shape index (κ2) is 2.32. The van der Waals surface area contributed by atoms with Crippen LogP contribution in [-0.2, 0) is 0 Å². The Morgan fingerprint density at radius 3 is 1.56 bits per heavy atom. The lowest BCUT2D eigenvalue weighted by molar-refractivity contribution is 0.277. The van der Waals surface area contributed by atoms with Gasteiger partial charge in [-0.25, -0.2) is 0 Å². The maximum Gasteiger partial charge on any atom is -0.0386 e. The predicted molar refractivity (Wildman–Crippen MR) is 39.3 cm³/mol. The molecule has 0 aliphatic heterocycles. The molecule has 52 valence electrons. The van der Waals surface area contributed by atoms with Crippen molar-refractivity contribution in [2.24, 2.45) is 11.8 Å². The first-order valence-corrected chi connectivity index (χ1v) is 4.47. The summed E-state index contributed by atoms with van der Waals surface area (Å²) in [6.07, 6.45) is 10.8. The highest BCUT2D eigenvalue weighted by atomic mass is 14.3. The van der Waals surface area contributed by atoms with Gasteiger partial charge < -0.3 is 0 Å². The fraction of sp³-hybridized carbons (Fsp3) is 1.00. The van der Waals surface area contributed by atoms with E-state index in [9.17, 15) is 0 Å². The van der Waals surface area contributed by atoms with Crippen LogP contribution in [-0.4, -0.2) is 0 Å². The molecule has 0 saturated heterocycles. The molecule has 0 nitrogen and oxygen atoms in total. The summed E-state index contributed by atoms with van der Waals surface area (Å²) in [5.74, 6) is 2.33. The first-order chi connectivity index (χ1) is 4.47. The van der Waals surface area contributed by atoms with Crippen LogP contribution in [0.4, 0.5) is 0 Å². The normalized spacial score (nSPS) is 42.7. The highest BCUT2D eigenvalue weighted by molar-refractivity contribution is 4.80. The van der Waals surface area contributed by atoms with Crippen molar-refractivity contribution in [3.8, 4) is 0 Å². The van der Waals surface area contributed by atoms with Gasteiger partial charge in [0.05, 0.1) is 0 Å². The van der Waals surface area contributed by atoms with Crippen LogP contribution in [0, 0.1) is 11.8 Å². The van der Waals surface area contributed by atoms with Gasteiger partial charge in [0.15, 0.2) is 0 Å². The van der Waals surface area contributed by atoms with Crippen molar-refractivity contribution in [2.75, 3.05) is 0 Å². The van der Waals surface area contributed by atoms with Crippen molar-refractivity contribution in [1.82, 2.24) is 0 Å². The Kier molecular flexibility index (Phi) is 1.48. The summed E-state index contributed by atoms with van der Waals surface area (Å²) < 4.78 is 0. The highest BCUT2D eigenvalue weighted by Gasteiger charge is 2.28. The van der Waals surface area contributed by atoms with Gasteiger partial charge in [0, 0.05) is 0 Å². The van der Waals surface area contributed by atoms with Gasteiger partial charge in [-0.05, 0) is 11.8 Å². The van der Waals surface area contributed by atoms with Crippen molar-refractivity contribution in [1.29, 1.82) is 0 Å². The molecule has 0 bridgehead atoms. The zero-order chi connectivity index (χ0) is 6.10. The standard InChI is InChI=1S/C9H16/c1-2-5-9-7-3-6-8(9)4-1/h8-9H,1-7H2/t8-,9-/m1/s1. The Morgan fingerprint density at radius 1 is 0.556 bits per heavy atom. The van der Waals surface area contributed by atoms with Gasteiger partial charge in [-0.2, -0.15) is 0 Å². The largest absolute Gasteiger partial charge is 0.0530 e. The Balaban J connectivity index is 1.97. The van der Waals surface area contributed by atoms with Crippen LogP contribution in [0.1, 0.15) is 44.9 Å². The second-order valence-electron chi connectivity index (χ2n) is 3.74. The molecular weight excluding hydrogens is 108 g/mol. The molecule has 2 aliphatic rings. The third kappa shape index (κ3) is 0.997.